The molecule has 3 N–H and O–H groups in total. The van der Waals surface area contributed by atoms with Gasteiger partial charge in [-0.15, -0.1) is 4.91 Å². The Kier molecular flexibility index (Phi) is 5.39. The lowest BCUT2D eigenvalue weighted by molar-refractivity contribution is -0.141. The fourth-order valence-corrected chi connectivity index (χ4v) is 4.93. The largest absolute Gasteiger partial charge is 0.481 e. The number of aryl methyl sites for hydroxylation is 1. The van der Waals surface area contributed by atoms with Crippen molar-refractivity contribution in [2.24, 2.45) is 10.9 Å². The highest BCUT2D eigenvalue weighted by atomic mass is 16.4. The van der Waals surface area contributed by atoms with E-state index in [1.165, 1.54) is 0 Å². The maximum Gasteiger partial charge on any atom is 0.313 e. The zero-order valence-corrected chi connectivity index (χ0v) is 16.8. The quantitative estimate of drug-likeness (QED) is 0.743. The SMILES string of the molecule is Cc1ccc(C2C(C(=O)O)c3ccccc3C(=O)N2C2CCCCC2N)cc1N=O. The Labute approximate surface area is 174 Å². The van der Waals surface area contributed by atoms with Gasteiger partial charge in [0.25, 0.3) is 5.91 Å². The lowest BCUT2D eigenvalue weighted by Crippen LogP contribution is -2.56. The standard InChI is InChI=1S/C23H25N3O4/c1-13-10-11-14(12-18(13)25-30)21-20(23(28)29)15-6-2-3-7-16(15)22(27)26(21)19-9-5-4-8-17(19)24/h2-3,6-7,10-12,17,19-21H,4-5,8-9,24H2,1H3,(H,28,29). The molecular weight excluding hydrogens is 382 g/mol. The van der Waals surface area contributed by atoms with E-state index < -0.39 is 17.9 Å². The first kappa shape index (κ1) is 20.2. The number of carbonyl (C=O) groups is 2. The summed E-state index contributed by atoms with van der Waals surface area (Å²) in [4.78, 5) is 39.1. The van der Waals surface area contributed by atoms with E-state index in [1.807, 2.05) is 0 Å². The number of amides is 1. The van der Waals surface area contributed by atoms with Crippen LogP contribution < -0.4 is 5.73 Å². The van der Waals surface area contributed by atoms with Gasteiger partial charge in [-0.3, -0.25) is 9.59 Å². The number of aliphatic carboxylic acids is 1. The monoisotopic (exact) mass is 407 g/mol. The van der Waals surface area contributed by atoms with Crippen LogP contribution in [0.1, 0.15) is 64.7 Å². The predicted molar refractivity (Wildman–Crippen MR) is 113 cm³/mol. The number of carbonyl (C=O) groups excluding carboxylic acids is 1. The minimum Gasteiger partial charge on any atom is -0.481 e. The number of nitrogens with two attached hydrogens (primary N) is 1. The molecule has 0 radical (unpaired) electrons. The molecule has 1 heterocycles. The molecule has 0 bridgehead atoms. The molecule has 7 heteroatoms. The summed E-state index contributed by atoms with van der Waals surface area (Å²) < 4.78 is 0. The number of benzene rings is 2. The Hall–Kier alpha value is -3.06. The second kappa shape index (κ2) is 7.99. The molecule has 156 valence electrons. The summed E-state index contributed by atoms with van der Waals surface area (Å²) in [7, 11) is 0. The number of carboxylic acids is 1. The summed E-state index contributed by atoms with van der Waals surface area (Å²) in [5, 5.41) is 13.3. The molecule has 0 saturated heterocycles. The molecule has 1 aliphatic heterocycles. The lowest BCUT2D eigenvalue weighted by atomic mass is 9.77. The van der Waals surface area contributed by atoms with E-state index in [4.69, 9.17) is 5.73 Å². The van der Waals surface area contributed by atoms with E-state index in [9.17, 15) is 19.6 Å². The topological polar surface area (TPSA) is 113 Å². The number of carboxylic acid groups (broad SMARTS) is 1. The Bertz CT molecular complexity index is 1010. The Morgan fingerprint density at radius 1 is 1.17 bits per heavy atom. The van der Waals surface area contributed by atoms with Crippen molar-refractivity contribution in [3.05, 3.63) is 69.6 Å². The summed E-state index contributed by atoms with van der Waals surface area (Å²) >= 11 is 0. The molecule has 0 aromatic heterocycles. The van der Waals surface area contributed by atoms with Crippen molar-refractivity contribution in [1.29, 1.82) is 0 Å². The summed E-state index contributed by atoms with van der Waals surface area (Å²) in [6, 6.07) is 10.8. The number of hydrogen-bond donors (Lipinski definition) is 2. The van der Waals surface area contributed by atoms with Crippen LogP contribution in [0.25, 0.3) is 0 Å². The molecule has 0 spiro atoms. The van der Waals surface area contributed by atoms with Gasteiger partial charge in [-0.05, 0) is 53.8 Å². The van der Waals surface area contributed by atoms with Gasteiger partial charge in [-0.25, -0.2) is 0 Å². The maximum absolute atomic E-state index is 13.6. The Morgan fingerprint density at radius 3 is 2.60 bits per heavy atom. The third-order valence-corrected chi connectivity index (χ3v) is 6.45. The molecule has 4 atom stereocenters. The van der Waals surface area contributed by atoms with E-state index in [0.29, 0.717) is 22.3 Å². The van der Waals surface area contributed by atoms with Gasteiger partial charge < -0.3 is 15.7 Å². The van der Waals surface area contributed by atoms with Crippen LogP contribution in [-0.4, -0.2) is 34.0 Å². The van der Waals surface area contributed by atoms with Gasteiger partial charge in [0.15, 0.2) is 0 Å². The van der Waals surface area contributed by atoms with Crippen LogP contribution in [0.3, 0.4) is 0 Å². The van der Waals surface area contributed by atoms with Gasteiger partial charge in [0.2, 0.25) is 0 Å². The highest BCUT2D eigenvalue weighted by Crippen LogP contribution is 2.46. The van der Waals surface area contributed by atoms with Gasteiger partial charge in [-0.2, -0.15) is 0 Å². The van der Waals surface area contributed by atoms with Crippen molar-refractivity contribution in [3.8, 4) is 0 Å². The smallest absolute Gasteiger partial charge is 0.313 e. The first-order valence-corrected chi connectivity index (χ1v) is 10.3. The van der Waals surface area contributed by atoms with Crippen LogP contribution >= 0.6 is 0 Å². The molecule has 2 aromatic carbocycles. The van der Waals surface area contributed by atoms with Crippen LogP contribution in [0.15, 0.2) is 47.6 Å². The molecular formula is C23H25N3O4. The molecule has 1 aliphatic carbocycles. The molecule has 4 rings (SSSR count). The second-order valence-corrected chi connectivity index (χ2v) is 8.21. The molecule has 7 nitrogen and oxygen atoms in total. The van der Waals surface area contributed by atoms with Crippen molar-refractivity contribution in [2.45, 2.75) is 56.7 Å². The average molecular weight is 407 g/mol. The summed E-state index contributed by atoms with van der Waals surface area (Å²) in [5.74, 6) is -2.19. The van der Waals surface area contributed by atoms with Gasteiger partial charge >= 0.3 is 5.97 Å². The van der Waals surface area contributed by atoms with Crippen LogP contribution in [0.4, 0.5) is 5.69 Å². The third-order valence-electron chi connectivity index (χ3n) is 6.45. The fourth-order valence-electron chi connectivity index (χ4n) is 4.93. The second-order valence-electron chi connectivity index (χ2n) is 8.21. The first-order chi connectivity index (χ1) is 14.4. The van der Waals surface area contributed by atoms with Gasteiger partial charge in [0.1, 0.15) is 11.6 Å². The van der Waals surface area contributed by atoms with E-state index >= 15 is 0 Å². The highest BCUT2D eigenvalue weighted by Gasteiger charge is 2.48. The number of rotatable bonds is 4. The number of nitrogens with zero attached hydrogens (tertiary/aromatic N) is 2. The summed E-state index contributed by atoms with van der Waals surface area (Å²) in [6.45, 7) is 1.77. The van der Waals surface area contributed by atoms with Gasteiger partial charge in [0, 0.05) is 17.6 Å². The molecule has 4 unspecified atom stereocenters. The molecule has 2 aromatic rings. The van der Waals surface area contributed by atoms with E-state index in [2.05, 4.69) is 5.18 Å². The highest BCUT2D eigenvalue weighted by molar-refractivity contribution is 6.00. The average Bonchev–Trinajstić information content (AvgIpc) is 2.74. The number of hydrogen-bond acceptors (Lipinski definition) is 5. The van der Waals surface area contributed by atoms with E-state index in [1.54, 1.807) is 54.3 Å². The van der Waals surface area contributed by atoms with Crippen molar-refractivity contribution < 1.29 is 14.7 Å². The van der Waals surface area contributed by atoms with Gasteiger partial charge in [0.05, 0.1) is 6.04 Å². The first-order valence-electron chi connectivity index (χ1n) is 10.3. The zero-order chi connectivity index (χ0) is 21.4. The van der Waals surface area contributed by atoms with Crippen molar-refractivity contribution >= 4 is 17.6 Å². The molecule has 30 heavy (non-hydrogen) atoms. The molecule has 1 saturated carbocycles. The summed E-state index contributed by atoms with van der Waals surface area (Å²) in [5.41, 5.74) is 8.85. The number of fused-ring (bicyclic) bond motifs is 1. The minimum absolute atomic E-state index is 0.211. The van der Waals surface area contributed by atoms with Crippen LogP contribution in [-0.2, 0) is 4.79 Å². The third kappa shape index (κ3) is 3.29. The normalized spacial score (nSPS) is 26.2. The van der Waals surface area contributed by atoms with Crippen molar-refractivity contribution in [3.63, 3.8) is 0 Å². The van der Waals surface area contributed by atoms with E-state index in [-0.39, 0.29) is 23.7 Å². The van der Waals surface area contributed by atoms with Crippen LogP contribution in [0, 0.1) is 11.8 Å². The van der Waals surface area contributed by atoms with Crippen molar-refractivity contribution in [1.82, 2.24) is 4.90 Å². The van der Waals surface area contributed by atoms with Crippen LogP contribution in [0.2, 0.25) is 0 Å². The molecule has 2 aliphatic rings. The van der Waals surface area contributed by atoms with E-state index in [0.717, 1.165) is 25.7 Å². The lowest BCUT2D eigenvalue weighted by Gasteiger charge is -2.48. The minimum atomic E-state index is -1.02. The maximum atomic E-state index is 13.6. The molecule has 1 amide bonds. The Morgan fingerprint density at radius 2 is 1.90 bits per heavy atom. The van der Waals surface area contributed by atoms with Crippen LogP contribution in [0.5, 0.6) is 0 Å². The van der Waals surface area contributed by atoms with Gasteiger partial charge in [-0.1, -0.05) is 43.2 Å². The molecule has 1 fully saturated rings. The number of nitroso groups, excluding NO2 is 1. The predicted octanol–water partition coefficient (Wildman–Crippen LogP) is 4.03. The Balaban J connectivity index is 1.94. The van der Waals surface area contributed by atoms with Crippen molar-refractivity contribution in [2.75, 3.05) is 0 Å². The zero-order valence-electron chi connectivity index (χ0n) is 16.8. The fraction of sp³-hybridized carbons (Fsp3) is 0.391. The summed E-state index contributed by atoms with van der Waals surface area (Å²) in [6.07, 6.45) is 3.44.